The van der Waals surface area contributed by atoms with Crippen LogP contribution in [0, 0.1) is 0 Å². The van der Waals surface area contributed by atoms with Crippen molar-refractivity contribution < 1.29 is 19.5 Å². The highest BCUT2D eigenvalue weighted by Gasteiger charge is 2.27. The van der Waals surface area contributed by atoms with Gasteiger partial charge in [0, 0.05) is 18.6 Å². The van der Waals surface area contributed by atoms with Crippen molar-refractivity contribution >= 4 is 28.6 Å². The molecule has 0 saturated carbocycles. The predicted octanol–water partition coefficient (Wildman–Crippen LogP) is 1.01. The zero-order valence-electron chi connectivity index (χ0n) is 7.65. The van der Waals surface area contributed by atoms with Gasteiger partial charge in [-0.05, 0) is 12.5 Å². The molecule has 0 aromatic carbocycles. The standard InChI is InChI=1S/C9H10O4S/c1-5(10)14-8-3-2-6(11)4-7(8)9(12)13/h4,8H,2-3H2,1H3,(H,12,13). The summed E-state index contributed by atoms with van der Waals surface area (Å²) in [5.41, 5.74) is 0.0430. The Hall–Kier alpha value is -1.10. The summed E-state index contributed by atoms with van der Waals surface area (Å²) in [6, 6.07) is 0. The lowest BCUT2D eigenvalue weighted by molar-refractivity contribution is -0.133. The molecular weight excluding hydrogens is 204 g/mol. The summed E-state index contributed by atoms with van der Waals surface area (Å²) in [6.07, 6.45) is 1.88. The molecule has 0 spiro atoms. The van der Waals surface area contributed by atoms with Crippen molar-refractivity contribution in [1.82, 2.24) is 0 Å². The number of aliphatic carboxylic acids is 1. The van der Waals surface area contributed by atoms with Crippen LogP contribution in [0.15, 0.2) is 11.6 Å². The van der Waals surface area contributed by atoms with Crippen molar-refractivity contribution in [2.75, 3.05) is 0 Å². The fourth-order valence-electron chi connectivity index (χ4n) is 1.29. The maximum Gasteiger partial charge on any atom is 0.332 e. The Kier molecular flexibility index (Phi) is 3.46. The molecule has 4 nitrogen and oxygen atoms in total. The zero-order valence-corrected chi connectivity index (χ0v) is 8.47. The van der Waals surface area contributed by atoms with Crippen LogP contribution in [0.4, 0.5) is 0 Å². The molecule has 0 heterocycles. The molecule has 5 heteroatoms. The quantitative estimate of drug-likeness (QED) is 0.742. The predicted molar refractivity (Wildman–Crippen MR) is 52.0 cm³/mol. The summed E-state index contributed by atoms with van der Waals surface area (Å²) in [7, 11) is 0. The van der Waals surface area contributed by atoms with Crippen LogP contribution in [0.2, 0.25) is 0 Å². The number of rotatable bonds is 2. The minimum atomic E-state index is -1.11. The second-order valence-corrected chi connectivity index (χ2v) is 4.39. The van der Waals surface area contributed by atoms with Crippen LogP contribution in [0.3, 0.4) is 0 Å². The van der Waals surface area contributed by atoms with E-state index in [2.05, 4.69) is 0 Å². The topological polar surface area (TPSA) is 71.4 Å². The van der Waals surface area contributed by atoms with Crippen molar-refractivity contribution in [3.63, 3.8) is 0 Å². The van der Waals surface area contributed by atoms with Crippen molar-refractivity contribution in [1.29, 1.82) is 0 Å². The average molecular weight is 214 g/mol. The molecule has 1 N–H and O–H groups in total. The number of ketones is 1. The van der Waals surface area contributed by atoms with E-state index in [0.29, 0.717) is 12.8 Å². The Morgan fingerprint density at radius 3 is 2.71 bits per heavy atom. The molecule has 1 atom stereocenters. The van der Waals surface area contributed by atoms with E-state index in [0.717, 1.165) is 17.8 Å². The molecule has 1 rings (SSSR count). The summed E-state index contributed by atoms with van der Waals surface area (Å²) in [5.74, 6) is -1.29. The van der Waals surface area contributed by atoms with Crippen LogP contribution in [0.5, 0.6) is 0 Å². The molecule has 0 saturated heterocycles. The molecule has 1 unspecified atom stereocenters. The van der Waals surface area contributed by atoms with E-state index in [1.165, 1.54) is 6.92 Å². The van der Waals surface area contributed by atoms with Crippen LogP contribution in [0.25, 0.3) is 0 Å². The third-order valence-corrected chi connectivity index (χ3v) is 2.98. The Balaban J connectivity index is 2.85. The van der Waals surface area contributed by atoms with E-state index in [-0.39, 0.29) is 21.7 Å². The van der Waals surface area contributed by atoms with Crippen LogP contribution in [-0.2, 0) is 14.4 Å². The van der Waals surface area contributed by atoms with Gasteiger partial charge in [0.05, 0.1) is 5.57 Å². The first-order valence-electron chi connectivity index (χ1n) is 4.15. The van der Waals surface area contributed by atoms with Gasteiger partial charge in [-0.15, -0.1) is 0 Å². The molecule has 1 aliphatic rings. The molecule has 0 radical (unpaired) electrons. The summed E-state index contributed by atoms with van der Waals surface area (Å²) >= 11 is 0.974. The molecule has 76 valence electrons. The van der Waals surface area contributed by atoms with Gasteiger partial charge in [0.25, 0.3) is 0 Å². The second kappa shape index (κ2) is 4.41. The van der Waals surface area contributed by atoms with Gasteiger partial charge in [-0.1, -0.05) is 11.8 Å². The molecule has 0 aromatic heterocycles. The first kappa shape index (κ1) is 11.0. The van der Waals surface area contributed by atoms with E-state index in [1.54, 1.807) is 0 Å². The van der Waals surface area contributed by atoms with Crippen LogP contribution < -0.4 is 0 Å². The van der Waals surface area contributed by atoms with E-state index in [1.807, 2.05) is 0 Å². The highest BCUT2D eigenvalue weighted by atomic mass is 32.2. The number of carbonyl (C=O) groups excluding carboxylic acids is 2. The fourth-order valence-corrected chi connectivity index (χ4v) is 2.22. The lowest BCUT2D eigenvalue weighted by Gasteiger charge is -2.18. The van der Waals surface area contributed by atoms with Crippen molar-refractivity contribution in [2.45, 2.75) is 25.0 Å². The Morgan fingerprint density at radius 2 is 2.21 bits per heavy atom. The van der Waals surface area contributed by atoms with E-state index < -0.39 is 5.97 Å². The number of allylic oxidation sites excluding steroid dienone is 1. The van der Waals surface area contributed by atoms with Gasteiger partial charge in [0.2, 0.25) is 0 Å². The third kappa shape index (κ3) is 2.70. The summed E-state index contributed by atoms with van der Waals surface area (Å²) < 4.78 is 0. The molecule has 0 amide bonds. The maximum atomic E-state index is 11.0. The first-order valence-corrected chi connectivity index (χ1v) is 5.03. The zero-order chi connectivity index (χ0) is 10.7. The number of carboxylic acid groups (broad SMARTS) is 1. The summed E-state index contributed by atoms with van der Waals surface area (Å²) in [6.45, 7) is 1.39. The largest absolute Gasteiger partial charge is 0.478 e. The number of hydrogen-bond acceptors (Lipinski definition) is 4. The third-order valence-electron chi connectivity index (χ3n) is 1.87. The van der Waals surface area contributed by atoms with Crippen LogP contribution in [0.1, 0.15) is 19.8 Å². The minimum absolute atomic E-state index is 0.0430. The molecule has 0 aliphatic heterocycles. The lowest BCUT2D eigenvalue weighted by Crippen LogP contribution is -2.22. The van der Waals surface area contributed by atoms with Crippen molar-refractivity contribution in [3.05, 3.63) is 11.6 Å². The number of carbonyl (C=O) groups is 3. The molecule has 0 fully saturated rings. The molecule has 14 heavy (non-hydrogen) atoms. The molecule has 0 bridgehead atoms. The van der Waals surface area contributed by atoms with E-state index in [9.17, 15) is 14.4 Å². The average Bonchev–Trinajstić information content (AvgIpc) is 2.07. The summed E-state index contributed by atoms with van der Waals surface area (Å²) in [5, 5.41) is 8.29. The molecule has 1 aliphatic carbocycles. The maximum absolute atomic E-state index is 11.0. The molecular formula is C9H10O4S. The van der Waals surface area contributed by atoms with Crippen LogP contribution >= 0.6 is 11.8 Å². The highest BCUT2D eigenvalue weighted by molar-refractivity contribution is 8.14. The minimum Gasteiger partial charge on any atom is -0.478 e. The number of hydrogen-bond donors (Lipinski definition) is 1. The first-order chi connectivity index (χ1) is 6.50. The number of carboxylic acids is 1. The molecule has 0 aromatic rings. The van der Waals surface area contributed by atoms with Crippen LogP contribution in [-0.4, -0.2) is 27.2 Å². The van der Waals surface area contributed by atoms with Gasteiger partial charge in [0.15, 0.2) is 10.9 Å². The van der Waals surface area contributed by atoms with Crippen molar-refractivity contribution in [3.8, 4) is 0 Å². The van der Waals surface area contributed by atoms with Gasteiger partial charge in [0.1, 0.15) is 0 Å². The Morgan fingerprint density at radius 1 is 1.57 bits per heavy atom. The smallest absolute Gasteiger partial charge is 0.332 e. The summed E-state index contributed by atoms with van der Waals surface area (Å²) in [4.78, 5) is 32.5. The number of thioether (sulfide) groups is 1. The van der Waals surface area contributed by atoms with Gasteiger partial charge in [-0.3, -0.25) is 9.59 Å². The highest BCUT2D eigenvalue weighted by Crippen LogP contribution is 2.28. The fraction of sp³-hybridized carbons (Fsp3) is 0.444. The van der Waals surface area contributed by atoms with E-state index in [4.69, 9.17) is 5.11 Å². The lowest BCUT2D eigenvalue weighted by atomic mass is 9.98. The SMILES string of the molecule is CC(=O)SC1CCC(=O)C=C1C(=O)O. The van der Waals surface area contributed by atoms with Gasteiger partial charge in [-0.25, -0.2) is 4.79 Å². The monoisotopic (exact) mass is 214 g/mol. The van der Waals surface area contributed by atoms with Gasteiger partial charge >= 0.3 is 5.97 Å². The van der Waals surface area contributed by atoms with Gasteiger partial charge in [-0.2, -0.15) is 0 Å². The Labute approximate surface area is 85.4 Å². The van der Waals surface area contributed by atoms with Gasteiger partial charge < -0.3 is 5.11 Å². The van der Waals surface area contributed by atoms with Crippen molar-refractivity contribution in [2.24, 2.45) is 0 Å². The Bertz CT molecular complexity index is 319. The van der Waals surface area contributed by atoms with E-state index >= 15 is 0 Å². The normalized spacial score (nSPS) is 21.6. The second-order valence-electron chi connectivity index (χ2n) is 3.01.